The zero-order valence-electron chi connectivity index (χ0n) is 16.3. The van der Waals surface area contributed by atoms with Crippen molar-refractivity contribution < 1.29 is 18.3 Å². The lowest BCUT2D eigenvalue weighted by atomic mass is 9.95. The third-order valence-corrected chi connectivity index (χ3v) is 5.56. The highest BCUT2D eigenvalue weighted by Gasteiger charge is 2.39. The first-order chi connectivity index (χ1) is 13.4. The summed E-state index contributed by atoms with van der Waals surface area (Å²) in [6.45, 7) is -2.59. The van der Waals surface area contributed by atoms with Crippen LogP contribution in [-0.4, -0.2) is 50.1 Å². The number of hydrogen-bond donors (Lipinski definition) is 2. The van der Waals surface area contributed by atoms with Crippen molar-refractivity contribution >= 4 is 11.9 Å². The van der Waals surface area contributed by atoms with Crippen LogP contribution in [0.4, 0.5) is 8.78 Å². The minimum absolute atomic E-state index is 0.0659. The number of rotatable bonds is 7. The SMILES string of the molecule is CN(C)C(=O)CNC(=NCc1ccccc1OC(F)F)NC1CC2CCC1C2. The number of ether oxygens (including phenoxy) is 1. The molecule has 1 aromatic carbocycles. The van der Waals surface area contributed by atoms with Crippen LogP contribution in [0.5, 0.6) is 5.75 Å². The van der Waals surface area contributed by atoms with E-state index in [4.69, 9.17) is 0 Å². The van der Waals surface area contributed by atoms with Gasteiger partial charge in [-0.3, -0.25) is 4.79 Å². The van der Waals surface area contributed by atoms with Crippen LogP contribution in [-0.2, 0) is 11.3 Å². The molecule has 154 valence electrons. The van der Waals surface area contributed by atoms with Crippen LogP contribution in [0.3, 0.4) is 0 Å². The molecular weight excluding hydrogens is 366 g/mol. The summed E-state index contributed by atoms with van der Waals surface area (Å²) in [4.78, 5) is 18.0. The predicted octanol–water partition coefficient (Wildman–Crippen LogP) is 2.60. The number of amides is 1. The molecule has 3 rings (SSSR count). The molecule has 1 amide bonds. The van der Waals surface area contributed by atoms with Crippen molar-refractivity contribution in [3.8, 4) is 5.75 Å². The van der Waals surface area contributed by atoms with E-state index in [1.54, 1.807) is 32.3 Å². The van der Waals surface area contributed by atoms with Gasteiger partial charge < -0.3 is 20.3 Å². The summed E-state index contributed by atoms with van der Waals surface area (Å²) in [5.74, 6) is 1.98. The fourth-order valence-electron chi connectivity index (χ4n) is 4.08. The molecule has 2 fully saturated rings. The van der Waals surface area contributed by atoms with Crippen LogP contribution in [0, 0.1) is 11.8 Å². The molecule has 2 N–H and O–H groups in total. The number of nitrogens with one attached hydrogen (secondary N) is 2. The molecule has 1 aromatic rings. The first-order valence-corrected chi connectivity index (χ1v) is 9.70. The lowest BCUT2D eigenvalue weighted by Gasteiger charge is -2.25. The minimum atomic E-state index is -2.88. The second-order valence-corrected chi connectivity index (χ2v) is 7.72. The zero-order chi connectivity index (χ0) is 20.1. The fourth-order valence-corrected chi connectivity index (χ4v) is 4.08. The Morgan fingerprint density at radius 3 is 2.71 bits per heavy atom. The smallest absolute Gasteiger partial charge is 0.387 e. The second-order valence-electron chi connectivity index (χ2n) is 7.72. The average molecular weight is 394 g/mol. The predicted molar refractivity (Wildman–Crippen MR) is 103 cm³/mol. The molecular formula is C20H28F2N4O2. The van der Waals surface area contributed by atoms with E-state index >= 15 is 0 Å². The molecule has 0 saturated heterocycles. The van der Waals surface area contributed by atoms with E-state index < -0.39 is 6.61 Å². The third-order valence-electron chi connectivity index (χ3n) is 5.56. The highest BCUT2D eigenvalue weighted by molar-refractivity contribution is 5.86. The summed E-state index contributed by atoms with van der Waals surface area (Å²) in [6, 6.07) is 6.96. The number of benzene rings is 1. The maximum absolute atomic E-state index is 12.6. The van der Waals surface area contributed by atoms with Gasteiger partial charge in [-0.25, -0.2) is 4.99 Å². The summed E-state index contributed by atoms with van der Waals surface area (Å²) >= 11 is 0. The van der Waals surface area contributed by atoms with Gasteiger partial charge in [0.25, 0.3) is 0 Å². The highest BCUT2D eigenvalue weighted by atomic mass is 19.3. The van der Waals surface area contributed by atoms with Crippen molar-refractivity contribution in [1.82, 2.24) is 15.5 Å². The molecule has 28 heavy (non-hydrogen) atoms. The fraction of sp³-hybridized carbons (Fsp3) is 0.600. The van der Waals surface area contributed by atoms with Crippen LogP contribution in [0.15, 0.2) is 29.3 Å². The van der Waals surface area contributed by atoms with Gasteiger partial charge in [-0.15, -0.1) is 0 Å². The van der Waals surface area contributed by atoms with Crippen LogP contribution in [0.2, 0.25) is 0 Å². The molecule has 8 heteroatoms. The van der Waals surface area contributed by atoms with E-state index in [2.05, 4.69) is 20.4 Å². The summed E-state index contributed by atoms with van der Waals surface area (Å²) in [6.07, 6.45) is 4.86. The van der Waals surface area contributed by atoms with Crippen LogP contribution < -0.4 is 15.4 Å². The summed E-state index contributed by atoms with van der Waals surface area (Å²) < 4.78 is 29.8. The van der Waals surface area contributed by atoms with E-state index in [9.17, 15) is 13.6 Å². The molecule has 2 aliphatic rings. The Labute approximate surface area is 164 Å². The lowest BCUT2D eigenvalue weighted by molar-refractivity contribution is -0.127. The molecule has 0 spiro atoms. The maximum atomic E-state index is 12.6. The lowest BCUT2D eigenvalue weighted by Crippen LogP contribution is -2.48. The van der Waals surface area contributed by atoms with Gasteiger partial charge in [-0.2, -0.15) is 8.78 Å². The van der Waals surface area contributed by atoms with Gasteiger partial charge >= 0.3 is 6.61 Å². The molecule has 2 aliphatic carbocycles. The van der Waals surface area contributed by atoms with Gasteiger partial charge in [0.05, 0.1) is 13.1 Å². The Morgan fingerprint density at radius 2 is 2.07 bits per heavy atom. The molecule has 0 aliphatic heterocycles. The van der Waals surface area contributed by atoms with Gasteiger partial charge in [0, 0.05) is 25.7 Å². The number of aliphatic imine (C=N–C) groups is 1. The first kappa shape index (κ1) is 20.4. The van der Waals surface area contributed by atoms with Gasteiger partial charge in [-0.1, -0.05) is 24.6 Å². The number of alkyl halides is 2. The van der Waals surface area contributed by atoms with Crippen LogP contribution >= 0.6 is 0 Å². The Kier molecular flexibility index (Phi) is 6.70. The van der Waals surface area contributed by atoms with E-state index in [-0.39, 0.29) is 24.7 Å². The number of likely N-dealkylation sites (N-methyl/N-ethyl adjacent to an activating group) is 1. The molecule has 2 bridgehead atoms. The molecule has 0 aromatic heterocycles. The van der Waals surface area contributed by atoms with Crippen molar-refractivity contribution in [2.24, 2.45) is 16.8 Å². The van der Waals surface area contributed by atoms with E-state index in [0.717, 1.165) is 12.3 Å². The number of fused-ring (bicyclic) bond motifs is 2. The summed E-state index contributed by atoms with van der Waals surface area (Å²) in [7, 11) is 3.39. The molecule has 0 heterocycles. The number of carbonyl (C=O) groups is 1. The topological polar surface area (TPSA) is 66.0 Å². The Bertz CT molecular complexity index is 711. The molecule has 3 unspecified atom stereocenters. The maximum Gasteiger partial charge on any atom is 0.387 e. The van der Waals surface area contributed by atoms with Crippen molar-refractivity contribution in [2.75, 3.05) is 20.6 Å². The number of hydrogen-bond acceptors (Lipinski definition) is 3. The van der Waals surface area contributed by atoms with Crippen molar-refractivity contribution in [1.29, 1.82) is 0 Å². The van der Waals surface area contributed by atoms with Crippen molar-refractivity contribution in [2.45, 2.75) is 44.9 Å². The quantitative estimate of drug-likeness (QED) is 0.551. The first-order valence-electron chi connectivity index (χ1n) is 9.70. The average Bonchev–Trinajstić information content (AvgIpc) is 3.27. The van der Waals surface area contributed by atoms with Gasteiger partial charge in [0.1, 0.15) is 5.75 Å². The second kappa shape index (κ2) is 9.21. The Morgan fingerprint density at radius 1 is 1.29 bits per heavy atom. The van der Waals surface area contributed by atoms with Crippen molar-refractivity contribution in [3.05, 3.63) is 29.8 Å². The van der Waals surface area contributed by atoms with Crippen LogP contribution in [0.25, 0.3) is 0 Å². The molecule has 2 saturated carbocycles. The monoisotopic (exact) mass is 394 g/mol. The van der Waals surface area contributed by atoms with Gasteiger partial charge in [-0.05, 0) is 37.2 Å². The van der Waals surface area contributed by atoms with Gasteiger partial charge in [0.2, 0.25) is 5.91 Å². The highest BCUT2D eigenvalue weighted by Crippen LogP contribution is 2.44. The molecule has 0 radical (unpaired) electrons. The standard InChI is InChI=1S/C20H28F2N4O2/c1-26(2)18(27)12-24-20(25-16-10-13-7-8-14(16)9-13)23-11-15-5-3-4-6-17(15)28-19(21)22/h3-6,13-14,16,19H,7-12H2,1-2H3,(H2,23,24,25). The van der Waals surface area contributed by atoms with E-state index in [0.29, 0.717) is 23.5 Å². The normalized spacial score (nSPS) is 23.8. The molecule has 3 atom stereocenters. The number of halogens is 2. The molecule has 6 nitrogen and oxygen atoms in total. The summed E-state index contributed by atoms with van der Waals surface area (Å²) in [5, 5.41) is 6.53. The van der Waals surface area contributed by atoms with E-state index in [1.807, 2.05) is 0 Å². The number of guanidine groups is 1. The summed E-state index contributed by atoms with van der Waals surface area (Å²) in [5.41, 5.74) is 0.566. The Hall–Kier alpha value is -2.38. The number of para-hydroxylation sites is 1. The largest absolute Gasteiger partial charge is 0.434 e. The van der Waals surface area contributed by atoms with Crippen molar-refractivity contribution in [3.63, 3.8) is 0 Å². The number of carbonyl (C=O) groups excluding carboxylic acids is 1. The Balaban J connectivity index is 1.69. The number of nitrogens with zero attached hydrogens (tertiary/aromatic N) is 2. The van der Waals surface area contributed by atoms with Gasteiger partial charge in [0.15, 0.2) is 5.96 Å². The van der Waals surface area contributed by atoms with E-state index in [1.165, 1.54) is 30.2 Å². The third kappa shape index (κ3) is 5.33. The van der Waals surface area contributed by atoms with Crippen LogP contribution in [0.1, 0.15) is 31.2 Å². The zero-order valence-corrected chi connectivity index (χ0v) is 16.3. The minimum Gasteiger partial charge on any atom is -0.434 e.